The second-order valence-corrected chi connectivity index (χ2v) is 6.16. The summed E-state index contributed by atoms with van der Waals surface area (Å²) in [5, 5.41) is 0. The molecule has 0 bridgehead atoms. The van der Waals surface area contributed by atoms with Gasteiger partial charge in [0.05, 0.1) is 0 Å². The van der Waals surface area contributed by atoms with Crippen molar-refractivity contribution in [2.75, 3.05) is 19.8 Å². The van der Waals surface area contributed by atoms with E-state index in [-0.39, 0.29) is 0 Å². The van der Waals surface area contributed by atoms with Gasteiger partial charge in [0.25, 0.3) is 0 Å². The molecule has 0 amide bonds. The van der Waals surface area contributed by atoms with Gasteiger partial charge in [0.15, 0.2) is 0 Å². The van der Waals surface area contributed by atoms with Crippen molar-refractivity contribution in [1.82, 2.24) is 0 Å². The third-order valence-corrected chi connectivity index (χ3v) is 6.09. The molecule has 0 N–H and O–H groups in total. The van der Waals surface area contributed by atoms with Gasteiger partial charge in [-0.2, -0.15) is 0 Å². The maximum absolute atomic E-state index is 5.29. The van der Waals surface area contributed by atoms with Crippen molar-refractivity contribution in [3.63, 3.8) is 0 Å². The summed E-state index contributed by atoms with van der Waals surface area (Å²) in [6, 6.07) is 0. The van der Waals surface area contributed by atoms with Crippen LogP contribution in [0, 0.1) is 0 Å². The van der Waals surface area contributed by atoms with E-state index in [2.05, 4.69) is 0 Å². The van der Waals surface area contributed by atoms with Gasteiger partial charge in [0.1, 0.15) is 0 Å². The molecule has 0 aliphatic rings. The predicted molar refractivity (Wildman–Crippen MR) is 42.0 cm³/mol. The number of hydrogen-bond acceptors (Lipinski definition) is 3. The SMILES string of the molecule is CC[O][SnH]([O]CC)[O]CC. The maximum atomic E-state index is 5.29. The molecule has 0 heterocycles. The molecule has 0 aromatic rings. The van der Waals surface area contributed by atoms with Gasteiger partial charge < -0.3 is 0 Å². The Morgan fingerprint density at radius 1 is 0.800 bits per heavy atom. The molecule has 62 valence electrons. The molecule has 0 fully saturated rings. The van der Waals surface area contributed by atoms with E-state index in [1.165, 1.54) is 0 Å². The molecule has 0 radical (unpaired) electrons. The molecule has 0 aliphatic carbocycles. The molecule has 0 unspecified atom stereocenters. The van der Waals surface area contributed by atoms with Crippen LogP contribution < -0.4 is 0 Å². The molecule has 0 aromatic carbocycles. The molecular formula is C6H16O3Sn. The van der Waals surface area contributed by atoms with Crippen LogP contribution in [0.3, 0.4) is 0 Å². The Labute approximate surface area is 71.0 Å². The minimum atomic E-state index is -2.38. The first kappa shape index (κ1) is 10.7. The Kier molecular flexibility index (Phi) is 8.31. The summed E-state index contributed by atoms with van der Waals surface area (Å²) in [5.74, 6) is 0. The van der Waals surface area contributed by atoms with Crippen molar-refractivity contribution in [1.29, 1.82) is 0 Å². The normalized spacial score (nSPS) is 10.8. The summed E-state index contributed by atoms with van der Waals surface area (Å²) in [6.45, 7) is 8.01. The summed E-state index contributed by atoms with van der Waals surface area (Å²) in [5.41, 5.74) is 0. The van der Waals surface area contributed by atoms with Gasteiger partial charge in [-0.05, 0) is 0 Å². The Hall–Kier alpha value is 0.679. The van der Waals surface area contributed by atoms with E-state index in [9.17, 15) is 0 Å². The van der Waals surface area contributed by atoms with E-state index in [1.54, 1.807) is 0 Å². The molecule has 0 saturated carbocycles. The first-order valence-corrected chi connectivity index (χ1v) is 7.73. The van der Waals surface area contributed by atoms with Crippen LogP contribution in [0.2, 0.25) is 0 Å². The summed E-state index contributed by atoms with van der Waals surface area (Å²) >= 11 is -2.38. The monoisotopic (exact) mass is 256 g/mol. The van der Waals surface area contributed by atoms with Crippen LogP contribution in [0.25, 0.3) is 0 Å². The average Bonchev–Trinajstić information content (AvgIpc) is 1.90. The molecule has 10 heavy (non-hydrogen) atoms. The van der Waals surface area contributed by atoms with E-state index in [1.807, 2.05) is 20.8 Å². The second kappa shape index (κ2) is 7.78. The van der Waals surface area contributed by atoms with Crippen molar-refractivity contribution in [2.45, 2.75) is 20.8 Å². The first-order chi connectivity index (χ1) is 4.85. The van der Waals surface area contributed by atoms with Gasteiger partial charge in [0, 0.05) is 0 Å². The van der Waals surface area contributed by atoms with E-state index in [4.69, 9.17) is 9.22 Å². The Morgan fingerprint density at radius 2 is 1.10 bits per heavy atom. The molecular weight excluding hydrogens is 239 g/mol. The molecule has 0 rings (SSSR count). The van der Waals surface area contributed by atoms with Crippen molar-refractivity contribution >= 4 is 21.0 Å². The summed E-state index contributed by atoms with van der Waals surface area (Å²) in [4.78, 5) is 0. The van der Waals surface area contributed by atoms with Crippen molar-refractivity contribution in [3.8, 4) is 0 Å². The first-order valence-electron chi connectivity index (χ1n) is 3.69. The third-order valence-electron chi connectivity index (χ3n) is 0.908. The standard InChI is InChI=1S/3C2H5O.Sn.H/c3*1-2-3;;/h3*2H2,1H3;;/q3*-1;+3;. The van der Waals surface area contributed by atoms with Gasteiger partial charge in [-0.25, -0.2) is 0 Å². The second-order valence-electron chi connectivity index (χ2n) is 1.65. The summed E-state index contributed by atoms with van der Waals surface area (Å²) in [7, 11) is 0. The van der Waals surface area contributed by atoms with Crippen LogP contribution in [0.4, 0.5) is 0 Å². The fourth-order valence-corrected chi connectivity index (χ4v) is 3.71. The number of hydrogen-bond donors (Lipinski definition) is 0. The fraction of sp³-hybridized carbons (Fsp3) is 1.00. The Morgan fingerprint density at radius 3 is 1.30 bits per heavy atom. The zero-order valence-electron chi connectivity index (χ0n) is 6.92. The van der Waals surface area contributed by atoms with E-state index in [0.717, 1.165) is 0 Å². The van der Waals surface area contributed by atoms with Crippen LogP contribution >= 0.6 is 0 Å². The molecule has 0 atom stereocenters. The molecule has 0 saturated heterocycles. The van der Waals surface area contributed by atoms with Crippen molar-refractivity contribution in [2.24, 2.45) is 0 Å². The topological polar surface area (TPSA) is 27.7 Å². The molecule has 4 heteroatoms. The van der Waals surface area contributed by atoms with E-state index in [0.29, 0.717) is 19.8 Å². The predicted octanol–water partition coefficient (Wildman–Crippen LogP) is 0.813. The van der Waals surface area contributed by atoms with Gasteiger partial charge in [0.2, 0.25) is 0 Å². The number of rotatable bonds is 6. The molecule has 0 aromatic heterocycles. The van der Waals surface area contributed by atoms with Gasteiger partial charge in [-0.15, -0.1) is 0 Å². The third kappa shape index (κ3) is 5.46. The van der Waals surface area contributed by atoms with E-state index >= 15 is 0 Å². The van der Waals surface area contributed by atoms with Crippen LogP contribution in [0.15, 0.2) is 0 Å². The molecule has 0 aliphatic heterocycles. The zero-order valence-corrected chi connectivity index (χ0v) is 10.2. The average molecular weight is 255 g/mol. The fourth-order valence-electron chi connectivity index (χ4n) is 0.553. The molecule has 3 nitrogen and oxygen atoms in total. The molecule has 0 spiro atoms. The Balaban J connectivity index is 3.30. The summed E-state index contributed by atoms with van der Waals surface area (Å²) < 4.78 is 15.9. The van der Waals surface area contributed by atoms with Crippen molar-refractivity contribution < 1.29 is 9.22 Å². The van der Waals surface area contributed by atoms with Gasteiger partial charge >= 0.3 is 70.8 Å². The minimum absolute atomic E-state index is 0.709. The quantitative estimate of drug-likeness (QED) is 0.657. The van der Waals surface area contributed by atoms with Crippen LogP contribution in [-0.2, 0) is 9.22 Å². The van der Waals surface area contributed by atoms with Gasteiger partial charge in [-0.1, -0.05) is 0 Å². The zero-order chi connectivity index (χ0) is 7.82. The summed E-state index contributed by atoms with van der Waals surface area (Å²) in [6.07, 6.45) is 0. The Bertz CT molecular complexity index is 55.7. The van der Waals surface area contributed by atoms with Gasteiger partial charge in [-0.3, -0.25) is 0 Å². The van der Waals surface area contributed by atoms with E-state index < -0.39 is 21.0 Å². The van der Waals surface area contributed by atoms with Crippen LogP contribution in [-0.4, -0.2) is 40.8 Å². The van der Waals surface area contributed by atoms with Crippen LogP contribution in [0.1, 0.15) is 20.8 Å². The van der Waals surface area contributed by atoms with Crippen molar-refractivity contribution in [3.05, 3.63) is 0 Å². The van der Waals surface area contributed by atoms with Crippen LogP contribution in [0.5, 0.6) is 0 Å².